The minimum atomic E-state index is 0.165. The topological polar surface area (TPSA) is 24.1 Å². The lowest BCUT2D eigenvalue weighted by Gasteiger charge is -2.28. The summed E-state index contributed by atoms with van der Waals surface area (Å²) in [5.41, 5.74) is 6.70. The number of hydrogen-bond donors (Lipinski definition) is 2. The fourth-order valence-electron chi connectivity index (χ4n) is 3.34. The first-order valence-corrected chi connectivity index (χ1v) is 10.9. The molecule has 0 fully saturated rings. The molecule has 2 heteroatoms. The highest BCUT2D eigenvalue weighted by atomic mass is 14.9. The van der Waals surface area contributed by atoms with E-state index < -0.39 is 0 Å². The van der Waals surface area contributed by atoms with Gasteiger partial charge in [-0.05, 0) is 77.2 Å². The van der Waals surface area contributed by atoms with Crippen molar-refractivity contribution in [1.29, 1.82) is 0 Å². The van der Waals surface area contributed by atoms with Crippen LogP contribution in [-0.4, -0.2) is 0 Å². The van der Waals surface area contributed by atoms with Gasteiger partial charge in [0.15, 0.2) is 0 Å². The molecule has 0 aromatic heterocycles. The molecule has 2 N–H and O–H groups in total. The molecule has 0 saturated heterocycles. The number of hydrogen-bond acceptors (Lipinski definition) is 2. The average Bonchev–Trinajstić information content (AvgIpc) is 2.64. The van der Waals surface area contributed by atoms with E-state index in [1.807, 2.05) is 6.20 Å². The van der Waals surface area contributed by atoms with Crippen LogP contribution in [0.25, 0.3) is 0 Å². The van der Waals surface area contributed by atoms with Crippen LogP contribution < -0.4 is 10.6 Å². The molecule has 0 atom stereocenters. The summed E-state index contributed by atoms with van der Waals surface area (Å²) in [5.74, 6) is 0.525. The summed E-state index contributed by atoms with van der Waals surface area (Å²) in [4.78, 5) is 0. The van der Waals surface area contributed by atoms with E-state index in [1.165, 1.54) is 11.1 Å². The number of benzene rings is 2. The molecule has 0 aliphatic rings. The lowest BCUT2D eigenvalue weighted by atomic mass is 9.77. The third-order valence-electron chi connectivity index (χ3n) is 5.54. The Morgan fingerprint density at radius 1 is 0.897 bits per heavy atom. The van der Waals surface area contributed by atoms with Crippen molar-refractivity contribution in [2.24, 2.45) is 5.41 Å². The van der Waals surface area contributed by atoms with Gasteiger partial charge in [-0.1, -0.05) is 73.6 Å². The SMILES string of the molecule is CCC(C)(C)c1cc(Nc2cccc(N/C=C/CC(C)(C)C)c2)ccc1C(C)C. The van der Waals surface area contributed by atoms with Gasteiger partial charge in [0.25, 0.3) is 0 Å². The third kappa shape index (κ3) is 6.96. The average molecular weight is 393 g/mol. The molecule has 0 spiro atoms. The Hall–Kier alpha value is -2.22. The Kier molecular flexibility index (Phi) is 7.57. The van der Waals surface area contributed by atoms with Crippen LogP contribution in [0.2, 0.25) is 0 Å². The smallest absolute Gasteiger partial charge is 0.0405 e. The van der Waals surface area contributed by atoms with Gasteiger partial charge in [-0.15, -0.1) is 0 Å². The first-order chi connectivity index (χ1) is 13.5. The van der Waals surface area contributed by atoms with Gasteiger partial charge in [-0.3, -0.25) is 0 Å². The van der Waals surface area contributed by atoms with Crippen molar-refractivity contribution in [2.75, 3.05) is 10.6 Å². The van der Waals surface area contributed by atoms with Crippen molar-refractivity contribution < 1.29 is 0 Å². The van der Waals surface area contributed by atoms with Crippen molar-refractivity contribution in [3.63, 3.8) is 0 Å². The summed E-state index contributed by atoms with van der Waals surface area (Å²) in [6, 6.07) is 15.3. The second kappa shape index (κ2) is 9.52. The highest BCUT2D eigenvalue weighted by molar-refractivity contribution is 5.66. The summed E-state index contributed by atoms with van der Waals surface area (Å²) in [5, 5.41) is 6.99. The zero-order chi connectivity index (χ0) is 21.7. The van der Waals surface area contributed by atoms with Gasteiger partial charge in [0.05, 0.1) is 0 Å². The van der Waals surface area contributed by atoms with E-state index in [1.54, 1.807) is 0 Å². The maximum absolute atomic E-state index is 3.60. The standard InChI is InChI=1S/C27H40N2/c1-9-27(7,8)25-19-23(14-15-24(25)20(2)3)29-22-13-10-12-21(18-22)28-17-11-16-26(4,5)6/h10-15,17-20,28-29H,9,16H2,1-8H3/b17-11+. The molecular weight excluding hydrogens is 352 g/mol. The minimum Gasteiger partial charge on any atom is -0.362 e. The van der Waals surface area contributed by atoms with Gasteiger partial charge in [0.2, 0.25) is 0 Å². The van der Waals surface area contributed by atoms with E-state index in [0.717, 1.165) is 29.9 Å². The first kappa shape index (κ1) is 23.1. The lowest BCUT2D eigenvalue weighted by molar-refractivity contribution is 0.420. The normalized spacial score (nSPS) is 12.6. The predicted octanol–water partition coefficient (Wildman–Crippen LogP) is 8.60. The molecule has 2 aromatic rings. The number of nitrogens with one attached hydrogen (secondary N) is 2. The Morgan fingerprint density at radius 2 is 1.55 bits per heavy atom. The van der Waals surface area contributed by atoms with Crippen LogP contribution in [0, 0.1) is 5.41 Å². The third-order valence-corrected chi connectivity index (χ3v) is 5.54. The largest absolute Gasteiger partial charge is 0.362 e. The molecular formula is C27H40N2. The summed E-state index contributed by atoms with van der Waals surface area (Å²) >= 11 is 0. The maximum Gasteiger partial charge on any atom is 0.0405 e. The molecule has 2 rings (SSSR count). The molecule has 0 aliphatic heterocycles. The van der Waals surface area contributed by atoms with Crippen LogP contribution in [0.5, 0.6) is 0 Å². The molecule has 0 aliphatic carbocycles. The second-order valence-electron chi connectivity index (χ2n) is 10.2. The van der Waals surface area contributed by atoms with E-state index in [4.69, 9.17) is 0 Å². The van der Waals surface area contributed by atoms with Crippen molar-refractivity contribution in [3.8, 4) is 0 Å². The molecule has 158 valence electrons. The van der Waals surface area contributed by atoms with E-state index in [2.05, 4.69) is 115 Å². The Bertz CT molecular complexity index is 823. The summed E-state index contributed by atoms with van der Waals surface area (Å²) < 4.78 is 0. The van der Waals surface area contributed by atoms with Crippen LogP contribution >= 0.6 is 0 Å². The second-order valence-corrected chi connectivity index (χ2v) is 10.2. The lowest BCUT2D eigenvalue weighted by Crippen LogP contribution is -2.18. The quantitative estimate of drug-likeness (QED) is 0.470. The highest BCUT2D eigenvalue weighted by Gasteiger charge is 2.23. The van der Waals surface area contributed by atoms with Crippen molar-refractivity contribution >= 4 is 17.1 Å². The summed E-state index contributed by atoms with van der Waals surface area (Å²) in [6.45, 7) is 18.3. The summed E-state index contributed by atoms with van der Waals surface area (Å²) in [6.07, 6.45) is 6.42. The minimum absolute atomic E-state index is 0.165. The predicted molar refractivity (Wildman–Crippen MR) is 130 cm³/mol. The zero-order valence-corrected chi connectivity index (χ0v) is 19.7. The zero-order valence-electron chi connectivity index (χ0n) is 19.7. The molecule has 0 amide bonds. The highest BCUT2D eigenvalue weighted by Crippen LogP contribution is 2.36. The Morgan fingerprint density at radius 3 is 2.17 bits per heavy atom. The van der Waals surface area contributed by atoms with Crippen LogP contribution in [0.1, 0.15) is 85.3 Å². The van der Waals surface area contributed by atoms with Crippen molar-refractivity contribution in [3.05, 3.63) is 65.9 Å². The Labute approximate surface area is 178 Å². The van der Waals surface area contributed by atoms with Gasteiger partial charge < -0.3 is 10.6 Å². The molecule has 2 nitrogen and oxygen atoms in total. The van der Waals surface area contributed by atoms with Crippen molar-refractivity contribution in [2.45, 2.75) is 79.6 Å². The van der Waals surface area contributed by atoms with Gasteiger partial charge in [0, 0.05) is 17.1 Å². The summed E-state index contributed by atoms with van der Waals surface area (Å²) in [7, 11) is 0. The molecule has 2 aromatic carbocycles. The van der Waals surface area contributed by atoms with Crippen LogP contribution in [0.3, 0.4) is 0 Å². The van der Waals surface area contributed by atoms with E-state index in [9.17, 15) is 0 Å². The molecule has 0 radical (unpaired) electrons. The van der Waals surface area contributed by atoms with Gasteiger partial charge >= 0.3 is 0 Å². The van der Waals surface area contributed by atoms with Gasteiger partial charge in [0.1, 0.15) is 0 Å². The van der Waals surface area contributed by atoms with Crippen LogP contribution in [-0.2, 0) is 5.41 Å². The van der Waals surface area contributed by atoms with Gasteiger partial charge in [-0.25, -0.2) is 0 Å². The van der Waals surface area contributed by atoms with E-state index in [0.29, 0.717) is 11.3 Å². The monoisotopic (exact) mass is 392 g/mol. The molecule has 29 heavy (non-hydrogen) atoms. The van der Waals surface area contributed by atoms with Crippen LogP contribution in [0.4, 0.5) is 17.1 Å². The fraction of sp³-hybridized carbons (Fsp3) is 0.481. The first-order valence-electron chi connectivity index (χ1n) is 10.9. The van der Waals surface area contributed by atoms with Gasteiger partial charge in [-0.2, -0.15) is 0 Å². The van der Waals surface area contributed by atoms with E-state index in [-0.39, 0.29) is 5.41 Å². The van der Waals surface area contributed by atoms with Crippen molar-refractivity contribution in [1.82, 2.24) is 0 Å². The maximum atomic E-state index is 3.60. The number of allylic oxidation sites excluding steroid dienone is 1. The Balaban J connectivity index is 2.19. The molecule has 0 unspecified atom stereocenters. The van der Waals surface area contributed by atoms with Crippen LogP contribution in [0.15, 0.2) is 54.7 Å². The molecule has 0 heterocycles. The molecule has 0 saturated carbocycles. The fourth-order valence-corrected chi connectivity index (χ4v) is 3.34. The number of rotatable bonds is 8. The number of anilines is 3. The van der Waals surface area contributed by atoms with E-state index >= 15 is 0 Å². The molecule has 0 bridgehead atoms.